The van der Waals surface area contributed by atoms with Crippen LogP contribution in [-0.4, -0.2) is 30.5 Å². The Balaban J connectivity index is 1.58. The van der Waals surface area contributed by atoms with Gasteiger partial charge in [-0.05, 0) is 60.2 Å². The molecule has 0 radical (unpaired) electrons. The molecule has 0 saturated carbocycles. The van der Waals surface area contributed by atoms with Gasteiger partial charge in [0.05, 0.1) is 23.2 Å². The first-order valence-electron chi connectivity index (χ1n) is 9.10. The summed E-state index contributed by atoms with van der Waals surface area (Å²) in [6, 6.07) is 14.8. The van der Waals surface area contributed by atoms with E-state index in [1.54, 1.807) is 24.3 Å². The summed E-state index contributed by atoms with van der Waals surface area (Å²) in [7, 11) is 1.52. The Kier molecular flexibility index (Phi) is 6.51. The van der Waals surface area contributed by atoms with Crippen LogP contribution in [0, 0.1) is 6.92 Å². The summed E-state index contributed by atoms with van der Waals surface area (Å²) in [5, 5.41) is 14.9. The summed E-state index contributed by atoms with van der Waals surface area (Å²) >= 11 is 1.55. The third kappa shape index (κ3) is 5.14. The molecule has 6 nitrogen and oxygen atoms in total. The largest absolute Gasteiger partial charge is 0.507 e. The molecule has 4 N–H and O–H groups in total. The van der Waals surface area contributed by atoms with Gasteiger partial charge in [0.25, 0.3) is 5.91 Å². The summed E-state index contributed by atoms with van der Waals surface area (Å²) in [6.45, 7) is 2.17. The molecule has 1 aromatic heterocycles. The topological polar surface area (TPSA) is 96.9 Å². The van der Waals surface area contributed by atoms with Gasteiger partial charge in [-0.3, -0.25) is 4.79 Å². The fraction of sp³-hybridized carbons (Fsp3) is 0.182. The lowest BCUT2D eigenvalue weighted by Crippen LogP contribution is -2.26. The van der Waals surface area contributed by atoms with Gasteiger partial charge in [0.15, 0.2) is 0 Å². The number of nitrogens with zero attached hydrogens (tertiary/aromatic N) is 1. The van der Waals surface area contributed by atoms with Crippen molar-refractivity contribution in [3.8, 4) is 11.5 Å². The van der Waals surface area contributed by atoms with Crippen LogP contribution in [-0.2, 0) is 6.42 Å². The van der Waals surface area contributed by atoms with E-state index in [4.69, 9.17) is 10.5 Å². The Labute approximate surface area is 173 Å². The number of phenolic OH excluding ortho intramolecular Hbond substituents is 1. The molecule has 0 aliphatic rings. The van der Waals surface area contributed by atoms with Crippen molar-refractivity contribution in [3.63, 3.8) is 0 Å². The number of amides is 1. The van der Waals surface area contributed by atoms with Gasteiger partial charge in [-0.15, -0.1) is 11.3 Å². The maximum atomic E-state index is 12.4. The van der Waals surface area contributed by atoms with E-state index in [0.29, 0.717) is 30.1 Å². The zero-order chi connectivity index (χ0) is 20.8. The molecule has 0 fully saturated rings. The first kappa shape index (κ1) is 20.4. The number of methoxy groups -OCH3 is 1. The number of amidine groups is 1. The number of aromatic hydroxyl groups is 1. The van der Waals surface area contributed by atoms with Crippen LogP contribution in [0.4, 0.5) is 5.69 Å². The highest BCUT2D eigenvalue weighted by molar-refractivity contribution is 7.12. The second kappa shape index (κ2) is 9.25. The van der Waals surface area contributed by atoms with Crippen LogP contribution in [0.2, 0.25) is 0 Å². The lowest BCUT2D eigenvalue weighted by molar-refractivity contribution is 0.0951. The van der Waals surface area contributed by atoms with Gasteiger partial charge in [-0.25, -0.2) is 4.99 Å². The fourth-order valence-electron chi connectivity index (χ4n) is 2.81. The van der Waals surface area contributed by atoms with Crippen molar-refractivity contribution >= 4 is 28.8 Å². The Morgan fingerprint density at radius 3 is 2.66 bits per heavy atom. The van der Waals surface area contributed by atoms with Crippen molar-refractivity contribution in [2.75, 3.05) is 13.7 Å². The van der Waals surface area contributed by atoms with E-state index < -0.39 is 0 Å². The van der Waals surface area contributed by atoms with Crippen molar-refractivity contribution < 1.29 is 14.6 Å². The number of nitrogens with two attached hydrogens (primary N) is 1. The van der Waals surface area contributed by atoms with Gasteiger partial charge < -0.3 is 20.9 Å². The smallest absolute Gasteiger partial charge is 0.255 e. The van der Waals surface area contributed by atoms with Crippen molar-refractivity contribution in [2.24, 2.45) is 10.7 Å². The number of hydrogen-bond acceptors (Lipinski definition) is 5. The SMILES string of the molecule is COc1cc(C)c(O)c(C(=O)NCCc2ccc(N=C(N)c3cccs3)cc2)c1. The lowest BCUT2D eigenvalue weighted by atomic mass is 10.1. The van der Waals surface area contributed by atoms with Crippen LogP contribution < -0.4 is 15.8 Å². The first-order valence-corrected chi connectivity index (χ1v) is 9.98. The standard InChI is InChI=1S/C22H23N3O3S/c1-14-12-17(28-2)13-18(20(14)26)22(27)24-10-9-15-5-7-16(8-6-15)25-21(23)19-4-3-11-29-19/h3-8,11-13,26H,9-10H2,1-2H3,(H2,23,25)(H,24,27). The number of carbonyl (C=O) groups is 1. The molecule has 7 heteroatoms. The van der Waals surface area contributed by atoms with Crippen molar-refractivity contribution in [2.45, 2.75) is 13.3 Å². The molecule has 3 aromatic rings. The molecule has 0 atom stereocenters. The molecule has 0 aliphatic carbocycles. The number of phenols is 1. The molecule has 0 spiro atoms. The van der Waals surface area contributed by atoms with Crippen LogP contribution in [0.15, 0.2) is 58.9 Å². The number of aliphatic imine (C=N–C) groups is 1. The third-order valence-corrected chi connectivity index (χ3v) is 5.31. The molecule has 2 aromatic carbocycles. The normalized spacial score (nSPS) is 11.3. The minimum atomic E-state index is -0.338. The zero-order valence-electron chi connectivity index (χ0n) is 16.3. The lowest BCUT2D eigenvalue weighted by Gasteiger charge is -2.11. The highest BCUT2D eigenvalue weighted by Gasteiger charge is 2.14. The van der Waals surface area contributed by atoms with Crippen LogP contribution in [0.25, 0.3) is 0 Å². The molecule has 150 valence electrons. The van der Waals surface area contributed by atoms with E-state index in [0.717, 1.165) is 16.1 Å². The number of hydrogen-bond donors (Lipinski definition) is 3. The van der Waals surface area contributed by atoms with Crippen molar-refractivity contribution in [1.82, 2.24) is 5.32 Å². The van der Waals surface area contributed by atoms with E-state index in [1.807, 2.05) is 41.8 Å². The van der Waals surface area contributed by atoms with Crippen LogP contribution in [0.3, 0.4) is 0 Å². The molecule has 0 bridgehead atoms. The van der Waals surface area contributed by atoms with Gasteiger partial charge in [0, 0.05) is 6.54 Å². The number of rotatable bonds is 7. The van der Waals surface area contributed by atoms with Crippen molar-refractivity contribution in [1.29, 1.82) is 0 Å². The molecule has 29 heavy (non-hydrogen) atoms. The minimum absolute atomic E-state index is 0.0335. The van der Waals surface area contributed by atoms with E-state index >= 15 is 0 Å². The highest BCUT2D eigenvalue weighted by Crippen LogP contribution is 2.27. The number of aryl methyl sites for hydroxylation is 1. The van der Waals surface area contributed by atoms with Crippen LogP contribution in [0.1, 0.15) is 26.4 Å². The summed E-state index contributed by atoms with van der Waals surface area (Å²) in [5.74, 6) is 0.653. The van der Waals surface area contributed by atoms with E-state index in [2.05, 4.69) is 10.3 Å². The predicted octanol–water partition coefficient (Wildman–Crippen LogP) is 3.78. The molecular formula is C22H23N3O3S. The second-order valence-electron chi connectivity index (χ2n) is 6.49. The summed E-state index contributed by atoms with van der Waals surface area (Å²) in [6.07, 6.45) is 0.653. The summed E-state index contributed by atoms with van der Waals surface area (Å²) in [5.41, 5.74) is 8.64. The van der Waals surface area contributed by atoms with Gasteiger partial charge in [-0.1, -0.05) is 18.2 Å². The fourth-order valence-corrected chi connectivity index (χ4v) is 3.44. The van der Waals surface area contributed by atoms with Crippen LogP contribution >= 0.6 is 11.3 Å². The zero-order valence-corrected chi connectivity index (χ0v) is 17.1. The average molecular weight is 410 g/mol. The van der Waals surface area contributed by atoms with E-state index in [-0.39, 0.29) is 17.2 Å². The van der Waals surface area contributed by atoms with E-state index in [9.17, 15) is 9.90 Å². The Morgan fingerprint density at radius 1 is 1.24 bits per heavy atom. The third-order valence-electron chi connectivity index (χ3n) is 4.41. The van der Waals surface area contributed by atoms with Gasteiger partial charge in [0.2, 0.25) is 0 Å². The number of carbonyl (C=O) groups excluding carboxylic acids is 1. The molecule has 1 amide bonds. The van der Waals surface area contributed by atoms with Gasteiger partial charge in [-0.2, -0.15) is 0 Å². The molecule has 1 heterocycles. The summed E-state index contributed by atoms with van der Waals surface area (Å²) in [4.78, 5) is 17.8. The number of benzene rings is 2. The molecule has 0 saturated heterocycles. The van der Waals surface area contributed by atoms with Crippen molar-refractivity contribution in [3.05, 3.63) is 75.5 Å². The van der Waals surface area contributed by atoms with Gasteiger partial charge in [0.1, 0.15) is 17.3 Å². The predicted molar refractivity (Wildman–Crippen MR) is 117 cm³/mol. The first-order chi connectivity index (χ1) is 14.0. The van der Waals surface area contributed by atoms with Crippen LogP contribution in [0.5, 0.6) is 11.5 Å². The molecule has 3 rings (SSSR count). The highest BCUT2D eigenvalue weighted by atomic mass is 32.1. The van der Waals surface area contributed by atoms with E-state index in [1.165, 1.54) is 13.2 Å². The quantitative estimate of drug-likeness (QED) is 0.409. The number of nitrogens with one attached hydrogen (secondary N) is 1. The Morgan fingerprint density at radius 2 is 2.00 bits per heavy atom. The monoisotopic (exact) mass is 409 g/mol. The number of thiophene rings is 1. The molecule has 0 unspecified atom stereocenters. The maximum Gasteiger partial charge on any atom is 0.255 e. The molecular weight excluding hydrogens is 386 g/mol. The maximum absolute atomic E-state index is 12.4. The summed E-state index contributed by atoms with van der Waals surface area (Å²) < 4.78 is 5.17. The Bertz CT molecular complexity index is 1010. The minimum Gasteiger partial charge on any atom is -0.507 e. The Hall–Kier alpha value is -3.32. The van der Waals surface area contributed by atoms with Gasteiger partial charge >= 0.3 is 0 Å². The second-order valence-corrected chi connectivity index (χ2v) is 7.43. The molecule has 0 aliphatic heterocycles. The number of ether oxygens (including phenoxy) is 1. The average Bonchev–Trinajstić information content (AvgIpc) is 3.26.